The van der Waals surface area contributed by atoms with Gasteiger partial charge >= 0.3 is 0 Å². The lowest BCUT2D eigenvalue weighted by atomic mass is 10.2. The van der Waals surface area contributed by atoms with Crippen LogP contribution in [-0.2, 0) is 11.3 Å². The Morgan fingerprint density at radius 3 is 3.00 bits per heavy atom. The third-order valence-corrected chi connectivity index (χ3v) is 2.21. The monoisotopic (exact) mass is 242 g/mol. The number of aromatic nitrogens is 2. The van der Waals surface area contributed by atoms with Crippen LogP contribution in [0.25, 0.3) is 11.5 Å². The van der Waals surface area contributed by atoms with Crippen molar-refractivity contribution in [3.63, 3.8) is 0 Å². The van der Waals surface area contributed by atoms with E-state index in [0.29, 0.717) is 11.4 Å². The summed E-state index contributed by atoms with van der Waals surface area (Å²) >= 11 is 5.56. The van der Waals surface area contributed by atoms with Gasteiger partial charge in [0.1, 0.15) is 12.4 Å². The first kappa shape index (κ1) is 11.0. The van der Waals surface area contributed by atoms with Crippen molar-refractivity contribution in [1.29, 1.82) is 0 Å². The SMILES string of the molecule is COCc1noc(-c2ccc(Cl)c(F)c2)n1. The minimum atomic E-state index is -0.523. The van der Waals surface area contributed by atoms with Gasteiger partial charge in [-0.3, -0.25) is 0 Å². The number of ether oxygens (including phenoxy) is 1. The number of hydrogen-bond acceptors (Lipinski definition) is 4. The van der Waals surface area contributed by atoms with E-state index in [1.165, 1.54) is 19.2 Å². The molecule has 0 N–H and O–H groups in total. The minimum absolute atomic E-state index is 0.0559. The molecule has 0 amide bonds. The van der Waals surface area contributed by atoms with Gasteiger partial charge in [0, 0.05) is 12.7 Å². The van der Waals surface area contributed by atoms with Crippen molar-refractivity contribution in [2.45, 2.75) is 6.61 Å². The standard InChI is InChI=1S/C10H8ClFN2O2/c1-15-5-9-13-10(16-14-9)6-2-3-7(11)8(12)4-6/h2-4H,5H2,1H3. The molecule has 16 heavy (non-hydrogen) atoms. The second-order valence-electron chi connectivity index (χ2n) is 3.08. The van der Waals surface area contributed by atoms with Gasteiger partial charge in [-0.05, 0) is 18.2 Å². The molecule has 0 bridgehead atoms. The van der Waals surface area contributed by atoms with Gasteiger partial charge in [0.05, 0.1) is 5.02 Å². The number of hydrogen-bond donors (Lipinski definition) is 0. The first-order valence-corrected chi connectivity index (χ1v) is 4.85. The highest BCUT2D eigenvalue weighted by Gasteiger charge is 2.10. The first-order valence-electron chi connectivity index (χ1n) is 4.47. The van der Waals surface area contributed by atoms with E-state index in [1.54, 1.807) is 6.07 Å². The zero-order valence-corrected chi connectivity index (χ0v) is 9.16. The largest absolute Gasteiger partial charge is 0.377 e. The van der Waals surface area contributed by atoms with Crippen molar-refractivity contribution in [2.24, 2.45) is 0 Å². The zero-order valence-electron chi connectivity index (χ0n) is 8.41. The van der Waals surface area contributed by atoms with Crippen LogP contribution in [0, 0.1) is 5.82 Å². The number of rotatable bonds is 3. The lowest BCUT2D eigenvalue weighted by Crippen LogP contribution is -1.89. The molecule has 4 nitrogen and oxygen atoms in total. The number of halogens is 2. The smallest absolute Gasteiger partial charge is 0.258 e. The Labute approximate surface area is 96.0 Å². The number of methoxy groups -OCH3 is 1. The molecule has 0 atom stereocenters. The fourth-order valence-corrected chi connectivity index (χ4v) is 1.31. The maximum atomic E-state index is 13.2. The molecule has 2 rings (SSSR count). The zero-order chi connectivity index (χ0) is 11.5. The lowest BCUT2D eigenvalue weighted by Gasteiger charge is -1.96. The fourth-order valence-electron chi connectivity index (χ4n) is 1.19. The Bertz CT molecular complexity index is 501. The van der Waals surface area contributed by atoms with Gasteiger partial charge in [-0.2, -0.15) is 4.98 Å². The molecule has 2 aromatic rings. The molecule has 84 valence electrons. The molecular weight excluding hydrogens is 235 g/mol. The molecule has 1 heterocycles. The van der Waals surface area contributed by atoms with E-state index < -0.39 is 5.82 Å². The van der Waals surface area contributed by atoms with E-state index in [-0.39, 0.29) is 17.5 Å². The molecule has 0 unspecified atom stereocenters. The maximum absolute atomic E-state index is 13.2. The third-order valence-electron chi connectivity index (χ3n) is 1.91. The Morgan fingerprint density at radius 1 is 1.50 bits per heavy atom. The van der Waals surface area contributed by atoms with Gasteiger partial charge in [0.25, 0.3) is 5.89 Å². The molecule has 0 radical (unpaired) electrons. The normalized spacial score (nSPS) is 10.7. The molecule has 1 aromatic carbocycles. The van der Waals surface area contributed by atoms with Gasteiger partial charge in [-0.15, -0.1) is 0 Å². The van der Waals surface area contributed by atoms with Crippen LogP contribution in [0.1, 0.15) is 5.82 Å². The predicted octanol–water partition coefficient (Wildman–Crippen LogP) is 2.68. The van der Waals surface area contributed by atoms with Gasteiger partial charge < -0.3 is 9.26 Å². The van der Waals surface area contributed by atoms with Crippen LogP contribution in [0.3, 0.4) is 0 Å². The molecule has 0 saturated heterocycles. The molecule has 0 aliphatic rings. The van der Waals surface area contributed by atoms with Crippen LogP contribution >= 0.6 is 11.6 Å². The van der Waals surface area contributed by atoms with Crippen LogP contribution < -0.4 is 0 Å². The van der Waals surface area contributed by atoms with Crippen LogP contribution in [0.5, 0.6) is 0 Å². The average Bonchev–Trinajstić information content (AvgIpc) is 2.71. The summed E-state index contributed by atoms with van der Waals surface area (Å²) in [5, 5.41) is 3.72. The van der Waals surface area contributed by atoms with Crippen LogP contribution in [-0.4, -0.2) is 17.3 Å². The Kier molecular flexibility index (Phi) is 3.17. The van der Waals surface area contributed by atoms with Crippen molar-refractivity contribution < 1.29 is 13.7 Å². The Balaban J connectivity index is 2.31. The Morgan fingerprint density at radius 2 is 2.31 bits per heavy atom. The molecule has 6 heteroatoms. The van der Waals surface area contributed by atoms with E-state index >= 15 is 0 Å². The summed E-state index contributed by atoms with van der Waals surface area (Å²) in [6.45, 7) is 0.250. The van der Waals surface area contributed by atoms with Crippen molar-refractivity contribution in [3.8, 4) is 11.5 Å². The van der Waals surface area contributed by atoms with E-state index in [2.05, 4.69) is 10.1 Å². The summed E-state index contributed by atoms with van der Waals surface area (Å²) in [5.41, 5.74) is 0.483. The molecular formula is C10H8ClFN2O2. The van der Waals surface area contributed by atoms with Crippen LogP contribution in [0.15, 0.2) is 22.7 Å². The summed E-state index contributed by atoms with van der Waals surface area (Å²) in [4.78, 5) is 4.03. The fraction of sp³-hybridized carbons (Fsp3) is 0.200. The summed E-state index contributed by atoms with van der Waals surface area (Å²) in [7, 11) is 1.53. The van der Waals surface area contributed by atoms with Crippen molar-refractivity contribution >= 4 is 11.6 Å². The molecule has 0 aliphatic heterocycles. The molecule has 1 aromatic heterocycles. The highest BCUT2D eigenvalue weighted by Crippen LogP contribution is 2.22. The van der Waals surface area contributed by atoms with Gasteiger partial charge in [0.2, 0.25) is 0 Å². The van der Waals surface area contributed by atoms with E-state index in [9.17, 15) is 4.39 Å². The van der Waals surface area contributed by atoms with Crippen molar-refractivity contribution in [3.05, 3.63) is 34.9 Å². The van der Waals surface area contributed by atoms with E-state index in [0.717, 1.165) is 0 Å². The molecule has 0 fully saturated rings. The van der Waals surface area contributed by atoms with E-state index in [1.807, 2.05) is 0 Å². The van der Waals surface area contributed by atoms with Crippen LogP contribution in [0.2, 0.25) is 5.02 Å². The molecule has 0 aliphatic carbocycles. The van der Waals surface area contributed by atoms with Crippen LogP contribution in [0.4, 0.5) is 4.39 Å². The van der Waals surface area contributed by atoms with E-state index in [4.69, 9.17) is 20.9 Å². The molecule has 0 saturated carbocycles. The second kappa shape index (κ2) is 4.59. The number of benzene rings is 1. The highest BCUT2D eigenvalue weighted by atomic mass is 35.5. The maximum Gasteiger partial charge on any atom is 0.258 e. The summed E-state index contributed by atoms with van der Waals surface area (Å²) < 4.78 is 23.0. The highest BCUT2D eigenvalue weighted by molar-refractivity contribution is 6.30. The van der Waals surface area contributed by atoms with Gasteiger partial charge in [-0.1, -0.05) is 16.8 Å². The van der Waals surface area contributed by atoms with Gasteiger partial charge in [0.15, 0.2) is 5.82 Å². The Hall–Kier alpha value is -1.46. The van der Waals surface area contributed by atoms with Crippen molar-refractivity contribution in [1.82, 2.24) is 10.1 Å². The summed E-state index contributed by atoms with van der Waals surface area (Å²) in [5.74, 6) is 0.126. The minimum Gasteiger partial charge on any atom is -0.377 e. The summed E-state index contributed by atoms with van der Waals surface area (Å²) in [6, 6.07) is 4.29. The summed E-state index contributed by atoms with van der Waals surface area (Å²) in [6.07, 6.45) is 0. The number of nitrogens with zero attached hydrogens (tertiary/aromatic N) is 2. The topological polar surface area (TPSA) is 48.2 Å². The first-order chi connectivity index (χ1) is 7.70. The quantitative estimate of drug-likeness (QED) is 0.830. The average molecular weight is 243 g/mol. The van der Waals surface area contributed by atoms with Gasteiger partial charge in [-0.25, -0.2) is 4.39 Å². The molecule has 0 spiro atoms. The van der Waals surface area contributed by atoms with Crippen molar-refractivity contribution in [2.75, 3.05) is 7.11 Å². The third kappa shape index (κ3) is 2.20. The predicted molar refractivity (Wildman–Crippen MR) is 55.4 cm³/mol. The lowest BCUT2D eigenvalue weighted by molar-refractivity contribution is 0.174. The second-order valence-corrected chi connectivity index (χ2v) is 3.48.